The van der Waals surface area contributed by atoms with Gasteiger partial charge >= 0.3 is 5.97 Å². The van der Waals surface area contributed by atoms with Crippen molar-refractivity contribution in [2.45, 2.75) is 18.9 Å². The number of benzene rings is 2. The minimum Gasteiger partial charge on any atom is -0.489 e. The summed E-state index contributed by atoms with van der Waals surface area (Å²) in [5.41, 5.74) is 1.94. The van der Waals surface area contributed by atoms with Crippen LogP contribution in [-0.4, -0.2) is 38.2 Å². The molecule has 2 heterocycles. The molecule has 0 saturated carbocycles. The van der Waals surface area contributed by atoms with Crippen molar-refractivity contribution in [1.82, 2.24) is 0 Å². The standard InChI is InChI=1S/C20H18ClNO5/c1-25-20(24)16-10-12-5-2-3-6-15(12)22(16)19(23)13-9-14(21)18-17(11-13)26-7-4-8-27-18/h2-3,5-6,9,11,16H,4,7-8,10H2,1H3. The average Bonchev–Trinajstić information content (AvgIpc) is 2.90. The third-order valence-electron chi connectivity index (χ3n) is 4.72. The largest absolute Gasteiger partial charge is 0.489 e. The van der Waals surface area contributed by atoms with E-state index in [0.717, 1.165) is 12.0 Å². The number of rotatable bonds is 2. The van der Waals surface area contributed by atoms with E-state index in [-0.39, 0.29) is 5.91 Å². The van der Waals surface area contributed by atoms with Gasteiger partial charge in [0.15, 0.2) is 11.5 Å². The Morgan fingerprint density at radius 3 is 2.78 bits per heavy atom. The number of hydrogen-bond donors (Lipinski definition) is 0. The Hall–Kier alpha value is -2.73. The first kappa shape index (κ1) is 17.7. The van der Waals surface area contributed by atoms with Crippen LogP contribution in [0.3, 0.4) is 0 Å². The van der Waals surface area contributed by atoms with Crippen molar-refractivity contribution in [2.24, 2.45) is 0 Å². The molecule has 2 aliphatic heterocycles. The highest BCUT2D eigenvalue weighted by Crippen LogP contribution is 2.40. The van der Waals surface area contributed by atoms with Gasteiger partial charge in [-0.25, -0.2) is 4.79 Å². The molecular formula is C20H18ClNO5. The SMILES string of the molecule is COC(=O)C1Cc2ccccc2N1C(=O)c1cc(Cl)c2c(c1)OCCCO2. The molecule has 6 nitrogen and oxygen atoms in total. The number of fused-ring (bicyclic) bond motifs is 2. The zero-order valence-corrected chi connectivity index (χ0v) is 15.5. The number of hydrogen-bond acceptors (Lipinski definition) is 5. The predicted octanol–water partition coefficient (Wildman–Crippen LogP) is 3.25. The van der Waals surface area contributed by atoms with E-state index >= 15 is 0 Å². The van der Waals surface area contributed by atoms with Gasteiger partial charge in [-0.2, -0.15) is 0 Å². The Balaban J connectivity index is 1.75. The number of carbonyl (C=O) groups is 2. The van der Waals surface area contributed by atoms with Gasteiger partial charge in [0.1, 0.15) is 6.04 Å². The van der Waals surface area contributed by atoms with Crippen molar-refractivity contribution in [1.29, 1.82) is 0 Å². The van der Waals surface area contributed by atoms with Gasteiger partial charge in [-0.05, 0) is 23.8 Å². The highest BCUT2D eigenvalue weighted by Gasteiger charge is 2.39. The Morgan fingerprint density at radius 1 is 1.19 bits per heavy atom. The molecule has 0 spiro atoms. The fraction of sp³-hybridized carbons (Fsp3) is 0.300. The first-order valence-corrected chi connectivity index (χ1v) is 9.06. The summed E-state index contributed by atoms with van der Waals surface area (Å²) in [6.07, 6.45) is 1.14. The third kappa shape index (κ3) is 3.10. The molecule has 1 unspecified atom stereocenters. The van der Waals surface area contributed by atoms with E-state index in [2.05, 4.69) is 0 Å². The van der Waals surface area contributed by atoms with Crippen LogP contribution in [-0.2, 0) is 16.0 Å². The van der Waals surface area contributed by atoms with Crippen LogP contribution in [0.15, 0.2) is 36.4 Å². The summed E-state index contributed by atoms with van der Waals surface area (Å²) in [5.74, 6) is 0.0791. The molecule has 27 heavy (non-hydrogen) atoms. The van der Waals surface area contributed by atoms with Crippen molar-refractivity contribution in [3.63, 3.8) is 0 Å². The molecule has 140 valence electrons. The molecule has 0 aliphatic carbocycles. The lowest BCUT2D eigenvalue weighted by Crippen LogP contribution is -2.43. The van der Waals surface area contributed by atoms with E-state index in [1.807, 2.05) is 24.3 Å². The summed E-state index contributed by atoms with van der Waals surface area (Å²) in [4.78, 5) is 27.1. The monoisotopic (exact) mass is 387 g/mol. The zero-order chi connectivity index (χ0) is 19.0. The summed E-state index contributed by atoms with van der Waals surface area (Å²) in [5, 5.41) is 0.305. The van der Waals surface area contributed by atoms with Crippen LogP contribution in [0.5, 0.6) is 11.5 Å². The number of methoxy groups -OCH3 is 1. The Labute approximate surface area is 161 Å². The molecule has 1 amide bonds. The highest BCUT2D eigenvalue weighted by molar-refractivity contribution is 6.33. The fourth-order valence-corrected chi connectivity index (χ4v) is 3.72. The van der Waals surface area contributed by atoms with Gasteiger partial charge in [0.25, 0.3) is 5.91 Å². The van der Waals surface area contributed by atoms with Gasteiger partial charge < -0.3 is 14.2 Å². The molecule has 4 rings (SSSR count). The molecule has 0 fully saturated rings. The second-order valence-electron chi connectivity index (χ2n) is 6.38. The minimum atomic E-state index is -0.713. The van der Waals surface area contributed by atoms with Crippen molar-refractivity contribution >= 4 is 29.2 Å². The number of amides is 1. The lowest BCUT2D eigenvalue weighted by Gasteiger charge is -2.24. The van der Waals surface area contributed by atoms with Gasteiger partial charge in [0.2, 0.25) is 0 Å². The molecule has 0 saturated heterocycles. The normalized spacial score (nSPS) is 17.9. The summed E-state index contributed by atoms with van der Waals surface area (Å²) >= 11 is 6.33. The van der Waals surface area contributed by atoms with E-state index < -0.39 is 12.0 Å². The summed E-state index contributed by atoms with van der Waals surface area (Å²) in [6, 6.07) is 9.89. The van der Waals surface area contributed by atoms with Gasteiger partial charge in [0.05, 0.1) is 25.3 Å². The van der Waals surface area contributed by atoms with E-state index in [0.29, 0.717) is 47.4 Å². The number of carbonyl (C=O) groups excluding carboxylic acids is 2. The molecule has 1 atom stereocenters. The molecule has 2 aromatic carbocycles. The van der Waals surface area contributed by atoms with Crippen LogP contribution in [0.1, 0.15) is 22.3 Å². The average molecular weight is 388 g/mol. The van der Waals surface area contributed by atoms with Crippen LogP contribution in [0.25, 0.3) is 0 Å². The number of ether oxygens (including phenoxy) is 3. The number of nitrogens with zero attached hydrogens (tertiary/aromatic N) is 1. The van der Waals surface area contributed by atoms with Gasteiger partial charge in [-0.1, -0.05) is 29.8 Å². The molecule has 0 N–H and O–H groups in total. The van der Waals surface area contributed by atoms with Gasteiger partial charge in [0, 0.05) is 24.1 Å². The van der Waals surface area contributed by atoms with Crippen molar-refractivity contribution < 1.29 is 23.8 Å². The van der Waals surface area contributed by atoms with E-state index in [4.69, 9.17) is 25.8 Å². The number of anilines is 1. The van der Waals surface area contributed by atoms with E-state index in [1.165, 1.54) is 12.0 Å². The van der Waals surface area contributed by atoms with Crippen molar-refractivity contribution in [2.75, 3.05) is 25.2 Å². The molecule has 7 heteroatoms. The topological polar surface area (TPSA) is 65.1 Å². The summed E-state index contributed by atoms with van der Waals surface area (Å²) < 4.78 is 16.2. The lowest BCUT2D eigenvalue weighted by atomic mass is 10.1. The number of para-hydroxylation sites is 1. The molecule has 2 aromatic rings. The van der Waals surface area contributed by atoms with Crippen LogP contribution >= 0.6 is 11.6 Å². The second kappa shape index (κ2) is 7.12. The Bertz CT molecular complexity index is 913. The summed E-state index contributed by atoms with van der Waals surface area (Å²) in [7, 11) is 1.32. The van der Waals surface area contributed by atoms with Crippen LogP contribution < -0.4 is 14.4 Å². The molecule has 0 radical (unpaired) electrons. The first-order chi connectivity index (χ1) is 13.1. The molecule has 2 aliphatic rings. The van der Waals surface area contributed by atoms with E-state index in [9.17, 15) is 9.59 Å². The molecule has 0 bridgehead atoms. The predicted molar refractivity (Wildman–Crippen MR) is 99.8 cm³/mol. The first-order valence-electron chi connectivity index (χ1n) is 8.68. The number of halogens is 1. The lowest BCUT2D eigenvalue weighted by molar-refractivity contribution is -0.141. The van der Waals surface area contributed by atoms with Crippen LogP contribution in [0.4, 0.5) is 5.69 Å². The fourth-order valence-electron chi connectivity index (χ4n) is 3.46. The third-order valence-corrected chi connectivity index (χ3v) is 5.00. The second-order valence-corrected chi connectivity index (χ2v) is 6.79. The quantitative estimate of drug-likeness (QED) is 0.740. The number of esters is 1. The molecular weight excluding hydrogens is 370 g/mol. The maximum absolute atomic E-state index is 13.3. The molecule has 0 aromatic heterocycles. The Morgan fingerprint density at radius 2 is 1.96 bits per heavy atom. The van der Waals surface area contributed by atoms with E-state index in [1.54, 1.807) is 12.1 Å². The van der Waals surface area contributed by atoms with Crippen molar-refractivity contribution in [3.8, 4) is 11.5 Å². The minimum absolute atomic E-state index is 0.305. The van der Waals surface area contributed by atoms with Gasteiger partial charge in [-0.3, -0.25) is 9.69 Å². The zero-order valence-electron chi connectivity index (χ0n) is 14.7. The van der Waals surface area contributed by atoms with Crippen LogP contribution in [0, 0.1) is 0 Å². The van der Waals surface area contributed by atoms with Crippen LogP contribution in [0.2, 0.25) is 5.02 Å². The maximum atomic E-state index is 13.3. The summed E-state index contributed by atoms with van der Waals surface area (Å²) in [6.45, 7) is 0.988. The smallest absolute Gasteiger partial charge is 0.329 e. The highest BCUT2D eigenvalue weighted by atomic mass is 35.5. The maximum Gasteiger partial charge on any atom is 0.329 e. The van der Waals surface area contributed by atoms with Crippen molar-refractivity contribution in [3.05, 3.63) is 52.5 Å². The van der Waals surface area contributed by atoms with Gasteiger partial charge in [-0.15, -0.1) is 0 Å². The Kier molecular flexibility index (Phi) is 4.66.